The van der Waals surface area contributed by atoms with Crippen LogP contribution in [0.5, 0.6) is 5.75 Å². The van der Waals surface area contributed by atoms with E-state index >= 15 is 0 Å². The van der Waals surface area contributed by atoms with Crippen LogP contribution in [0.15, 0.2) is 53.7 Å². The molecule has 0 spiro atoms. The Morgan fingerprint density at radius 3 is 2.71 bits per heavy atom. The molecule has 1 heterocycles. The fraction of sp³-hybridized carbons (Fsp3) is 0.286. The molecule has 3 rings (SSSR count). The normalized spacial score (nSPS) is 11.8. The smallest absolute Gasteiger partial charge is 0.387 e. The second-order valence-electron chi connectivity index (χ2n) is 6.40. The third-order valence-electron chi connectivity index (χ3n) is 4.54. The van der Waals surface area contributed by atoms with E-state index < -0.39 is 6.61 Å². The third kappa shape index (κ3) is 4.79. The molecule has 0 fully saturated rings. The van der Waals surface area contributed by atoms with Gasteiger partial charge in [-0.1, -0.05) is 30.3 Å². The van der Waals surface area contributed by atoms with Gasteiger partial charge < -0.3 is 20.4 Å². The lowest BCUT2D eigenvalue weighted by atomic mass is 10.1. The van der Waals surface area contributed by atoms with E-state index in [9.17, 15) is 8.78 Å². The van der Waals surface area contributed by atoms with Gasteiger partial charge in [-0.05, 0) is 36.6 Å². The number of benzene rings is 2. The van der Waals surface area contributed by atoms with Crippen molar-refractivity contribution in [3.8, 4) is 5.75 Å². The summed E-state index contributed by atoms with van der Waals surface area (Å²) < 4.78 is 29.6. The van der Waals surface area contributed by atoms with Crippen molar-refractivity contribution in [1.82, 2.24) is 15.6 Å². The molecule has 0 radical (unpaired) electrons. The number of hydrogen-bond donors (Lipinski definition) is 3. The maximum absolute atomic E-state index is 12.5. The number of aromatic amines is 1. The van der Waals surface area contributed by atoms with Crippen LogP contribution >= 0.6 is 0 Å². The number of guanidine groups is 1. The molecule has 1 aromatic heterocycles. The summed E-state index contributed by atoms with van der Waals surface area (Å²) in [5, 5.41) is 7.65. The van der Waals surface area contributed by atoms with Gasteiger partial charge in [-0.3, -0.25) is 4.99 Å². The first kappa shape index (κ1) is 19.7. The summed E-state index contributed by atoms with van der Waals surface area (Å²) in [6, 6.07) is 12.9. The first-order valence-corrected chi connectivity index (χ1v) is 9.11. The predicted molar refractivity (Wildman–Crippen MR) is 108 cm³/mol. The number of aliphatic imine (C=N–C) groups is 1. The van der Waals surface area contributed by atoms with Crippen molar-refractivity contribution in [1.29, 1.82) is 0 Å². The molecule has 0 saturated heterocycles. The van der Waals surface area contributed by atoms with Gasteiger partial charge in [0.15, 0.2) is 5.96 Å². The van der Waals surface area contributed by atoms with Crippen molar-refractivity contribution in [3.05, 3.63) is 65.4 Å². The molecule has 0 bridgehead atoms. The van der Waals surface area contributed by atoms with Crippen LogP contribution in [0, 0.1) is 6.92 Å². The summed E-state index contributed by atoms with van der Waals surface area (Å²) in [6.07, 6.45) is 2.87. The molecular weight excluding hydrogens is 362 g/mol. The van der Waals surface area contributed by atoms with Gasteiger partial charge >= 0.3 is 6.61 Å². The molecule has 0 amide bonds. The fourth-order valence-electron chi connectivity index (χ4n) is 3.22. The second kappa shape index (κ2) is 9.21. The lowest BCUT2D eigenvalue weighted by Crippen LogP contribution is -2.37. The molecular formula is C21H24F2N4O. The number of halogens is 2. The number of ether oxygens (including phenoxy) is 1. The van der Waals surface area contributed by atoms with Gasteiger partial charge in [0.05, 0.1) is 0 Å². The van der Waals surface area contributed by atoms with Crippen molar-refractivity contribution in [2.24, 2.45) is 4.99 Å². The minimum absolute atomic E-state index is 0.162. The number of aromatic nitrogens is 1. The Morgan fingerprint density at radius 1 is 1.11 bits per heavy atom. The van der Waals surface area contributed by atoms with Crippen LogP contribution in [-0.2, 0) is 13.0 Å². The third-order valence-corrected chi connectivity index (χ3v) is 4.54. The van der Waals surface area contributed by atoms with Crippen molar-refractivity contribution < 1.29 is 13.5 Å². The molecule has 148 valence electrons. The first-order valence-electron chi connectivity index (χ1n) is 9.11. The zero-order chi connectivity index (χ0) is 19.9. The highest BCUT2D eigenvalue weighted by Gasteiger charge is 2.10. The Labute approximate surface area is 162 Å². The predicted octanol–water partition coefficient (Wildman–Crippen LogP) is 3.99. The summed E-state index contributed by atoms with van der Waals surface area (Å²) in [6.45, 7) is 0.274. The van der Waals surface area contributed by atoms with Crippen molar-refractivity contribution in [2.75, 3.05) is 13.6 Å². The highest BCUT2D eigenvalue weighted by molar-refractivity contribution is 5.86. The van der Waals surface area contributed by atoms with Crippen LogP contribution in [-0.4, -0.2) is 31.1 Å². The number of nitrogens with zero attached hydrogens (tertiary/aromatic N) is 1. The van der Waals surface area contributed by atoms with Crippen molar-refractivity contribution in [3.63, 3.8) is 0 Å². The van der Waals surface area contributed by atoms with E-state index in [1.807, 2.05) is 12.3 Å². The number of hydrogen-bond acceptors (Lipinski definition) is 2. The fourth-order valence-corrected chi connectivity index (χ4v) is 3.22. The molecule has 0 saturated carbocycles. The van der Waals surface area contributed by atoms with E-state index in [2.05, 4.69) is 44.4 Å². The molecule has 0 aliphatic heterocycles. The average Bonchev–Trinajstić information content (AvgIpc) is 3.09. The highest BCUT2D eigenvalue weighted by atomic mass is 19.3. The van der Waals surface area contributed by atoms with Crippen LogP contribution < -0.4 is 15.4 Å². The first-order chi connectivity index (χ1) is 13.6. The molecule has 3 aromatic rings. The Hall–Kier alpha value is -3.09. The highest BCUT2D eigenvalue weighted by Crippen LogP contribution is 2.22. The maximum Gasteiger partial charge on any atom is 0.387 e. The van der Waals surface area contributed by atoms with Gasteiger partial charge in [0.25, 0.3) is 0 Å². The average molecular weight is 386 g/mol. The molecule has 2 aromatic carbocycles. The lowest BCUT2D eigenvalue weighted by Gasteiger charge is -2.14. The largest absolute Gasteiger partial charge is 0.434 e. The van der Waals surface area contributed by atoms with Crippen LogP contribution in [0.4, 0.5) is 8.78 Å². The molecule has 7 heteroatoms. The number of alkyl halides is 2. The Balaban J connectivity index is 1.56. The van der Waals surface area contributed by atoms with E-state index in [0.717, 1.165) is 11.9 Å². The number of aryl methyl sites for hydroxylation is 1. The van der Waals surface area contributed by atoms with E-state index in [1.165, 1.54) is 22.6 Å². The molecule has 0 atom stereocenters. The van der Waals surface area contributed by atoms with Crippen molar-refractivity contribution >= 4 is 16.9 Å². The van der Waals surface area contributed by atoms with E-state index in [1.54, 1.807) is 25.2 Å². The molecule has 28 heavy (non-hydrogen) atoms. The Kier molecular flexibility index (Phi) is 6.47. The van der Waals surface area contributed by atoms with Gasteiger partial charge in [0, 0.05) is 42.8 Å². The number of rotatable bonds is 7. The number of para-hydroxylation sites is 1. The number of nitrogens with one attached hydrogen (secondary N) is 3. The minimum atomic E-state index is -2.85. The molecule has 0 unspecified atom stereocenters. The van der Waals surface area contributed by atoms with Gasteiger partial charge in [0.1, 0.15) is 5.75 Å². The van der Waals surface area contributed by atoms with E-state index in [4.69, 9.17) is 0 Å². The monoisotopic (exact) mass is 386 g/mol. The van der Waals surface area contributed by atoms with Crippen LogP contribution in [0.2, 0.25) is 0 Å². The lowest BCUT2D eigenvalue weighted by molar-refractivity contribution is -0.0504. The summed E-state index contributed by atoms with van der Waals surface area (Å²) in [7, 11) is 1.67. The van der Waals surface area contributed by atoms with Crippen LogP contribution in [0.3, 0.4) is 0 Å². The topological polar surface area (TPSA) is 61.4 Å². The minimum Gasteiger partial charge on any atom is -0.434 e. The van der Waals surface area contributed by atoms with E-state index in [0.29, 0.717) is 24.6 Å². The van der Waals surface area contributed by atoms with Gasteiger partial charge in [0.2, 0.25) is 0 Å². The van der Waals surface area contributed by atoms with E-state index in [-0.39, 0.29) is 5.75 Å². The SMILES string of the molecule is CN=C(NCCc1c[nH]c2cccc(C)c12)NCc1ccccc1OC(F)F. The zero-order valence-corrected chi connectivity index (χ0v) is 15.9. The zero-order valence-electron chi connectivity index (χ0n) is 15.9. The Bertz CT molecular complexity index is 952. The van der Waals surface area contributed by atoms with Crippen LogP contribution in [0.1, 0.15) is 16.7 Å². The van der Waals surface area contributed by atoms with Gasteiger partial charge in [-0.2, -0.15) is 8.78 Å². The van der Waals surface area contributed by atoms with Crippen LogP contribution in [0.25, 0.3) is 10.9 Å². The summed E-state index contributed by atoms with van der Waals surface area (Å²) in [5.74, 6) is 0.762. The standard InChI is InChI=1S/C21H24F2N4O/c1-14-6-5-8-17-19(14)16(13-26-17)10-11-25-21(24-2)27-12-15-7-3-4-9-18(15)28-20(22)23/h3-9,13,20,26H,10-12H2,1-2H3,(H2,24,25,27). The second-order valence-corrected chi connectivity index (χ2v) is 6.40. The van der Waals surface area contributed by atoms with Crippen molar-refractivity contribution in [2.45, 2.75) is 26.5 Å². The molecule has 0 aliphatic rings. The number of fused-ring (bicyclic) bond motifs is 1. The van der Waals surface area contributed by atoms with Gasteiger partial charge in [-0.15, -0.1) is 0 Å². The number of H-pyrrole nitrogens is 1. The summed E-state index contributed by atoms with van der Waals surface area (Å²) in [5.41, 5.74) is 4.25. The molecule has 3 N–H and O–H groups in total. The maximum atomic E-state index is 12.5. The quantitative estimate of drug-likeness (QED) is 0.425. The summed E-state index contributed by atoms with van der Waals surface area (Å²) >= 11 is 0. The van der Waals surface area contributed by atoms with Gasteiger partial charge in [-0.25, -0.2) is 0 Å². The summed E-state index contributed by atoms with van der Waals surface area (Å²) in [4.78, 5) is 7.49. The molecule has 5 nitrogen and oxygen atoms in total. The molecule has 0 aliphatic carbocycles. The Morgan fingerprint density at radius 2 is 1.93 bits per heavy atom.